The molecule has 0 bridgehead atoms. The van der Waals surface area contributed by atoms with Crippen molar-refractivity contribution in [2.24, 2.45) is 0 Å². The summed E-state index contributed by atoms with van der Waals surface area (Å²) in [6.45, 7) is 3.63. The van der Waals surface area contributed by atoms with Gasteiger partial charge in [-0.1, -0.05) is 0 Å². The van der Waals surface area contributed by atoms with Gasteiger partial charge in [0.2, 0.25) is 0 Å². The number of rotatable bonds is 6. The van der Waals surface area contributed by atoms with Crippen molar-refractivity contribution in [1.29, 1.82) is 0 Å². The minimum Gasteiger partial charge on any atom is -0.508 e. The molecule has 3 rings (SSSR count). The zero-order valence-corrected chi connectivity index (χ0v) is 14.3. The van der Waals surface area contributed by atoms with Crippen LogP contribution in [0, 0.1) is 6.92 Å². The van der Waals surface area contributed by atoms with Gasteiger partial charge in [0.25, 0.3) is 0 Å². The Morgan fingerprint density at radius 3 is 2.64 bits per heavy atom. The van der Waals surface area contributed by atoms with E-state index in [-0.39, 0.29) is 5.75 Å². The molecular weight excluding hydrogens is 314 g/mol. The standard InChI is InChI=1S/C19H23N5O/c1-14-11-15(3-5-17(14)20)24(9-2-8-23-10-7-22-13-23)19-6-4-16(25)12-18(19)21/h3-7,10-13,25H,2,8-9,20-21H2,1H3. The van der Waals surface area contributed by atoms with Crippen LogP contribution in [0.3, 0.4) is 0 Å². The van der Waals surface area contributed by atoms with Crippen molar-refractivity contribution in [3.63, 3.8) is 0 Å². The van der Waals surface area contributed by atoms with Crippen LogP contribution in [-0.2, 0) is 6.54 Å². The molecule has 6 heteroatoms. The SMILES string of the molecule is Cc1cc(N(CCCn2ccnc2)c2ccc(O)cc2N)ccc1N. The first kappa shape index (κ1) is 16.7. The maximum atomic E-state index is 9.65. The van der Waals surface area contributed by atoms with Gasteiger partial charge >= 0.3 is 0 Å². The summed E-state index contributed by atoms with van der Waals surface area (Å²) in [5, 5.41) is 9.65. The van der Waals surface area contributed by atoms with E-state index in [0.29, 0.717) is 5.69 Å². The number of nitrogen functional groups attached to an aromatic ring is 2. The molecule has 2 aromatic carbocycles. The third-order valence-electron chi connectivity index (χ3n) is 4.22. The average Bonchev–Trinajstić information content (AvgIpc) is 3.09. The van der Waals surface area contributed by atoms with Crippen molar-refractivity contribution >= 4 is 22.7 Å². The number of imidazole rings is 1. The van der Waals surface area contributed by atoms with Gasteiger partial charge in [-0.3, -0.25) is 0 Å². The molecule has 1 aromatic heterocycles. The molecule has 130 valence electrons. The van der Waals surface area contributed by atoms with Crippen LogP contribution in [0.5, 0.6) is 5.75 Å². The molecule has 25 heavy (non-hydrogen) atoms. The highest BCUT2D eigenvalue weighted by molar-refractivity contribution is 5.77. The molecule has 0 aliphatic rings. The summed E-state index contributed by atoms with van der Waals surface area (Å²) in [7, 11) is 0. The number of phenols is 1. The zero-order chi connectivity index (χ0) is 17.8. The number of benzene rings is 2. The summed E-state index contributed by atoms with van der Waals surface area (Å²) >= 11 is 0. The lowest BCUT2D eigenvalue weighted by Gasteiger charge is -2.27. The van der Waals surface area contributed by atoms with E-state index >= 15 is 0 Å². The monoisotopic (exact) mass is 337 g/mol. The van der Waals surface area contributed by atoms with Crippen LogP contribution < -0.4 is 16.4 Å². The first-order chi connectivity index (χ1) is 12.0. The minimum absolute atomic E-state index is 0.160. The van der Waals surface area contributed by atoms with E-state index < -0.39 is 0 Å². The third kappa shape index (κ3) is 3.85. The Bertz CT molecular complexity index is 845. The van der Waals surface area contributed by atoms with Crippen molar-refractivity contribution in [2.75, 3.05) is 22.9 Å². The quantitative estimate of drug-likeness (QED) is 0.600. The van der Waals surface area contributed by atoms with Gasteiger partial charge in [0.15, 0.2) is 0 Å². The highest BCUT2D eigenvalue weighted by atomic mass is 16.3. The molecule has 0 radical (unpaired) electrons. The Balaban J connectivity index is 1.88. The Labute approximate surface area is 147 Å². The van der Waals surface area contributed by atoms with Crippen molar-refractivity contribution in [3.05, 3.63) is 60.7 Å². The van der Waals surface area contributed by atoms with Crippen LogP contribution in [0.4, 0.5) is 22.7 Å². The Morgan fingerprint density at radius 2 is 1.96 bits per heavy atom. The predicted molar refractivity (Wildman–Crippen MR) is 102 cm³/mol. The van der Waals surface area contributed by atoms with Crippen molar-refractivity contribution in [3.8, 4) is 5.75 Å². The van der Waals surface area contributed by atoms with Gasteiger partial charge in [-0.25, -0.2) is 4.98 Å². The number of aromatic hydroxyl groups is 1. The van der Waals surface area contributed by atoms with Gasteiger partial charge in [-0.15, -0.1) is 0 Å². The number of nitrogens with zero attached hydrogens (tertiary/aromatic N) is 3. The van der Waals surface area contributed by atoms with Gasteiger partial charge in [0, 0.05) is 42.9 Å². The summed E-state index contributed by atoms with van der Waals surface area (Å²) in [5.74, 6) is 0.160. The maximum Gasteiger partial charge on any atom is 0.117 e. The normalized spacial score (nSPS) is 10.8. The molecule has 0 spiro atoms. The van der Waals surface area contributed by atoms with E-state index in [1.807, 2.05) is 42.2 Å². The highest BCUT2D eigenvalue weighted by Gasteiger charge is 2.13. The summed E-state index contributed by atoms with van der Waals surface area (Å²) in [6, 6.07) is 11.0. The van der Waals surface area contributed by atoms with Gasteiger partial charge in [-0.2, -0.15) is 0 Å². The molecule has 6 nitrogen and oxygen atoms in total. The molecule has 0 unspecified atom stereocenters. The van der Waals surface area contributed by atoms with E-state index in [1.54, 1.807) is 18.3 Å². The van der Waals surface area contributed by atoms with Crippen LogP contribution >= 0.6 is 0 Å². The van der Waals surface area contributed by atoms with E-state index in [2.05, 4.69) is 16.0 Å². The number of hydrogen-bond donors (Lipinski definition) is 3. The first-order valence-corrected chi connectivity index (χ1v) is 8.22. The molecule has 0 atom stereocenters. The lowest BCUT2D eigenvalue weighted by atomic mass is 10.1. The Kier molecular flexibility index (Phi) is 4.79. The van der Waals surface area contributed by atoms with Gasteiger partial charge in [0.05, 0.1) is 17.7 Å². The lowest BCUT2D eigenvalue weighted by Crippen LogP contribution is -2.21. The van der Waals surface area contributed by atoms with Crippen molar-refractivity contribution in [1.82, 2.24) is 9.55 Å². The van der Waals surface area contributed by atoms with Gasteiger partial charge in [-0.05, 0) is 49.2 Å². The molecular formula is C19H23N5O. The fraction of sp³-hybridized carbons (Fsp3) is 0.211. The van der Waals surface area contributed by atoms with Crippen molar-refractivity contribution < 1.29 is 5.11 Å². The van der Waals surface area contributed by atoms with Crippen LogP contribution in [-0.4, -0.2) is 21.2 Å². The van der Waals surface area contributed by atoms with Crippen LogP contribution in [0.1, 0.15) is 12.0 Å². The number of nitrogens with two attached hydrogens (primary N) is 2. The van der Waals surface area contributed by atoms with Gasteiger partial charge in [0.1, 0.15) is 5.75 Å². The van der Waals surface area contributed by atoms with Crippen molar-refractivity contribution in [2.45, 2.75) is 19.9 Å². The number of hydrogen-bond acceptors (Lipinski definition) is 5. The molecule has 0 aliphatic heterocycles. The largest absolute Gasteiger partial charge is 0.508 e. The van der Waals surface area contributed by atoms with Crippen LogP contribution in [0.2, 0.25) is 0 Å². The van der Waals surface area contributed by atoms with Gasteiger partial charge < -0.3 is 26.0 Å². The molecule has 0 amide bonds. The van der Waals surface area contributed by atoms with Crippen LogP contribution in [0.15, 0.2) is 55.1 Å². The fourth-order valence-electron chi connectivity index (χ4n) is 2.83. The van der Waals surface area contributed by atoms with E-state index in [4.69, 9.17) is 11.5 Å². The second kappa shape index (κ2) is 7.17. The number of anilines is 4. The summed E-state index contributed by atoms with van der Waals surface area (Å²) in [6.07, 6.45) is 6.46. The minimum atomic E-state index is 0.160. The predicted octanol–water partition coefficient (Wildman–Crippen LogP) is 3.29. The smallest absolute Gasteiger partial charge is 0.117 e. The molecule has 5 N–H and O–H groups in total. The molecule has 0 aliphatic carbocycles. The van der Waals surface area contributed by atoms with E-state index in [0.717, 1.165) is 42.1 Å². The van der Waals surface area contributed by atoms with E-state index in [1.165, 1.54) is 0 Å². The molecule has 0 saturated heterocycles. The van der Waals surface area contributed by atoms with E-state index in [9.17, 15) is 5.11 Å². The lowest BCUT2D eigenvalue weighted by molar-refractivity contribution is 0.475. The Morgan fingerprint density at radius 1 is 1.12 bits per heavy atom. The number of aryl methyl sites for hydroxylation is 2. The molecule has 1 heterocycles. The third-order valence-corrected chi connectivity index (χ3v) is 4.22. The topological polar surface area (TPSA) is 93.3 Å². The Hall–Kier alpha value is -3.15. The van der Waals surface area contributed by atoms with Crippen LogP contribution in [0.25, 0.3) is 0 Å². The first-order valence-electron chi connectivity index (χ1n) is 8.22. The summed E-state index contributed by atoms with van der Waals surface area (Å²) in [5.41, 5.74) is 16.3. The maximum absolute atomic E-state index is 9.65. The number of phenolic OH excluding ortho intramolecular Hbond substituents is 1. The fourth-order valence-corrected chi connectivity index (χ4v) is 2.83. The molecule has 0 fully saturated rings. The number of aromatic nitrogens is 2. The summed E-state index contributed by atoms with van der Waals surface area (Å²) in [4.78, 5) is 6.22. The average molecular weight is 337 g/mol. The highest BCUT2D eigenvalue weighted by Crippen LogP contribution is 2.34. The molecule has 0 saturated carbocycles. The zero-order valence-electron chi connectivity index (χ0n) is 14.3. The summed E-state index contributed by atoms with van der Waals surface area (Å²) < 4.78 is 2.05. The molecule has 3 aromatic rings. The second-order valence-electron chi connectivity index (χ2n) is 6.09. The second-order valence-corrected chi connectivity index (χ2v) is 6.09.